The Morgan fingerprint density at radius 2 is 2.00 bits per heavy atom. The maximum absolute atomic E-state index is 11.4. The number of benzene rings is 1. The third kappa shape index (κ3) is 3.18. The lowest BCUT2D eigenvalue weighted by molar-refractivity contribution is -0.0221. The first-order valence-corrected chi connectivity index (χ1v) is 9.55. The predicted molar refractivity (Wildman–Crippen MR) is 101 cm³/mol. The Balaban J connectivity index is 1.51. The van der Waals surface area contributed by atoms with E-state index in [-0.39, 0.29) is 11.7 Å². The van der Waals surface area contributed by atoms with E-state index in [1.165, 1.54) is 11.6 Å². The molecule has 4 rings (SSSR count). The summed E-state index contributed by atoms with van der Waals surface area (Å²) in [7, 11) is 0. The summed E-state index contributed by atoms with van der Waals surface area (Å²) in [6, 6.07) is 8.79. The molecule has 1 aromatic carbocycles. The average molecular weight is 354 g/mol. The van der Waals surface area contributed by atoms with Crippen LogP contribution >= 0.6 is 0 Å². The Hall–Kier alpha value is -2.07. The van der Waals surface area contributed by atoms with Gasteiger partial charge in [0, 0.05) is 23.4 Å². The standard InChI is InChI=1S/C22H26O4/c1-13-3-7-17-14(2)20(23)9-8-18(17)19(13)12-25-16-6-4-15-5-10-22(24)26-21(15)11-16/h4-6,10-11,14,17-20,23H,1,3,7-9,12H2,2H3/t14-,17-,18?,19?,20+/m1/s1. The first-order valence-electron chi connectivity index (χ1n) is 9.55. The number of hydrogen-bond acceptors (Lipinski definition) is 4. The number of aliphatic hydroxyl groups excluding tert-OH is 1. The van der Waals surface area contributed by atoms with Crippen LogP contribution in [0.4, 0.5) is 0 Å². The highest BCUT2D eigenvalue weighted by atomic mass is 16.5. The molecule has 4 nitrogen and oxygen atoms in total. The number of fused-ring (bicyclic) bond motifs is 2. The summed E-state index contributed by atoms with van der Waals surface area (Å²) in [5.74, 6) is 2.47. The molecular formula is C22H26O4. The molecular weight excluding hydrogens is 328 g/mol. The third-order valence-electron chi connectivity index (χ3n) is 6.49. The molecule has 1 aromatic heterocycles. The van der Waals surface area contributed by atoms with Gasteiger partial charge >= 0.3 is 5.63 Å². The molecule has 0 aliphatic heterocycles. The topological polar surface area (TPSA) is 59.7 Å². The van der Waals surface area contributed by atoms with Gasteiger partial charge in [-0.1, -0.05) is 19.1 Å². The second-order valence-corrected chi connectivity index (χ2v) is 7.90. The van der Waals surface area contributed by atoms with Gasteiger partial charge in [0.05, 0.1) is 12.7 Å². The number of rotatable bonds is 3. The van der Waals surface area contributed by atoms with Crippen molar-refractivity contribution in [2.45, 2.75) is 38.7 Å². The van der Waals surface area contributed by atoms with E-state index >= 15 is 0 Å². The largest absolute Gasteiger partial charge is 0.493 e. The quantitative estimate of drug-likeness (QED) is 0.664. The smallest absolute Gasteiger partial charge is 0.336 e. The number of hydrogen-bond donors (Lipinski definition) is 1. The molecule has 26 heavy (non-hydrogen) atoms. The minimum atomic E-state index is -0.354. The first kappa shape index (κ1) is 17.3. The van der Waals surface area contributed by atoms with Gasteiger partial charge in [0.1, 0.15) is 11.3 Å². The van der Waals surface area contributed by atoms with Crippen LogP contribution in [0.25, 0.3) is 11.0 Å². The Labute approximate surface area is 153 Å². The van der Waals surface area contributed by atoms with Crippen molar-refractivity contribution < 1.29 is 14.3 Å². The zero-order valence-corrected chi connectivity index (χ0v) is 15.2. The molecule has 1 heterocycles. The lowest BCUT2D eigenvalue weighted by Gasteiger charge is -2.47. The van der Waals surface area contributed by atoms with E-state index in [9.17, 15) is 9.90 Å². The van der Waals surface area contributed by atoms with Gasteiger partial charge in [-0.05, 0) is 61.6 Å². The van der Waals surface area contributed by atoms with Gasteiger partial charge in [0.2, 0.25) is 0 Å². The minimum Gasteiger partial charge on any atom is -0.493 e. The molecule has 0 saturated heterocycles. The van der Waals surface area contributed by atoms with Crippen molar-refractivity contribution in [3.63, 3.8) is 0 Å². The first-order chi connectivity index (χ1) is 12.5. The van der Waals surface area contributed by atoms with E-state index in [0.29, 0.717) is 41.6 Å². The fourth-order valence-corrected chi connectivity index (χ4v) is 4.89. The molecule has 0 spiro atoms. The molecule has 2 unspecified atom stereocenters. The molecule has 2 aliphatic rings. The van der Waals surface area contributed by atoms with Crippen LogP contribution in [0.2, 0.25) is 0 Å². The summed E-state index contributed by atoms with van der Waals surface area (Å²) in [5, 5.41) is 11.1. The number of ether oxygens (including phenoxy) is 1. The highest BCUT2D eigenvalue weighted by Gasteiger charge is 2.43. The molecule has 0 bridgehead atoms. The molecule has 1 N–H and O–H groups in total. The second-order valence-electron chi connectivity index (χ2n) is 7.90. The third-order valence-corrected chi connectivity index (χ3v) is 6.49. The normalized spacial score (nSPS) is 31.6. The van der Waals surface area contributed by atoms with E-state index in [4.69, 9.17) is 9.15 Å². The van der Waals surface area contributed by atoms with E-state index < -0.39 is 0 Å². The minimum absolute atomic E-state index is 0.174. The van der Waals surface area contributed by atoms with Gasteiger partial charge in [0.15, 0.2) is 0 Å². The van der Waals surface area contributed by atoms with Crippen LogP contribution in [0.15, 0.2) is 51.7 Å². The fourth-order valence-electron chi connectivity index (χ4n) is 4.89. The summed E-state index contributed by atoms with van der Waals surface area (Å²) in [4.78, 5) is 11.4. The van der Waals surface area contributed by atoms with Crippen LogP contribution in [0.1, 0.15) is 32.6 Å². The van der Waals surface area contributed by atoms with E-state index in [2.05, 4.69) is 13.5 Å². The van der Waals surface area contributed by atoms with Crippen molar-refractivity contribution in [2.75, 3.05) is 6.61 Å². The monoisotopic (exact) mass is 354 g/mol. The predicted octanol–water partition coefficient (Wildman–Crippen LogP) is 4.16. The van der Waals surface area contributed by atoms with Crippen molar-refractivity contribution in [3.8, 4) is 5.75 Å². The van der Waals surface area contributed by atoms with E-state index in [1.807, 2.05) is 12.1 Å². The molecule has 5 atom stereocenters. The van der Waals surface area contributed by atoms with Gasteiger partial charge in [-0.3, -0.25) is 0 Å². The molecule has 4 heteroatoms. The molecule has 138 valence electrons. The molecule has 2 aliphatic carbocycles. The van der Waals surface area contributed by atoms with E-state index in [1.54, 1.807) is 12.1 Å². The summed E-state index contributed by atoms with van der Waals surface area (Å²) in [5.41, 5.74) is 1.46. The summed E-state index contributed by atoms with van der Waals surface area (Å²) >= 11 is 0. The van der Waals surface area contributed by atoms with Crippen molar-refractivity contribution >= 4 is 11.0 Å². The average Bonchev–Trinajstić information content (AvgIpc) is 2.63. The van der Waals surface area contributed by atoms with Crippen molar-refractivity contribution in [1.29, 1.82) is 0 Å². The highest BCUT2D eigenvalue weighted by molar-refractivity contribution is 5.77. The van der Waals surface area contributed by atoms with Gasteiger partial charge in [-0.25, -0.2) is 4.79 Å². The maximum Gasteiger partial charge on any atom is 0.336 e. The van der Waals surface area contributed by atoms with Crippen molar-refractivity contribution in [1.82, 2.24) is 0 Å². The summed E-state index contributed by atoms with van der Waals surface area (Å²) in [6.45, 7) is 7.07. The van der Waals surface area contributed by atoms with Crippen LogP contribution < -0.4 is 10.4 Å². The number of aliphatic hydroxyl groups is 1. The Morgan fingerprint density at radius 3 is 2.85 bits per heavy atom. The fraction of sp³-hybridized carbons (Fsp3) is 0.500. The molecule has 2 saturated carbocycles. The van der Waals surface area contributed by atoms with Crippen LogP contribution in [-0.2, 0) is 0 Å². The van der Waals surface area contributed by atoms with E-state index in [0.717, 1.165) is 31.1 Å². The van der Waals surface area contributed by atoms with Gasteiger partial charge in [-0.15, -0.1) is 0 Å². The van der Waals surface area contributed by atoms with Gasteiger partial charge in [0.25, 0.3) is 0 Å². The molecule has 0 amide bonds. The summed E-state index contributed by atoms with van der Waals surface area (Å²) in [6.07, 6.45) is 3.87. The van der Waals surface area contributed by atoms with Crippen molar-refractivity contribution in [3.05, 3.63) is 52.9 Å². The maximum atomic E-state index is 11.4. The SMILES string of the molecule is C=C1CC[C@H]2C(CC[C@H](O)[C@@H]2C)C1COc1ccc2ccc(=O)oc2c1. The van der Waals surface area contributed by atoms with Gasteiger partial charge in [-0.2, -0.15) is 0 Å². The van der Waals surface area contributed by atoms with Crippen LogP contribution in [0.3, 0.4) is 0 Å². The second kappa shape index (κ2) is 6.92. The van der Waals surface area contributed by atoms with Crippen LogP contribution in [0, 0.1) is 23.7 Å². The van der Waals surface area contributed by atoms with Gasteiger partial charge < -0.3 is 14.3 Å². The molecule has 2 aromatic rings. The summed E-state index contributed by atoms with van der Waals surface area (Å²) < 4.78 is 11.3. The zero-order chi connectivity index (χ0) is 18.3. The Kier molecular flexibility index (Phi) is 4.62. The lowest BCUT2D eigenvalue weighted by atomic mass is 9.60. The highest BCUT2D eigenvalue weighted by Crippen LogP contribution is 2.48. The van der Waals surface area contributed by atoms with Crippen LogP contribution in [0.5, 0.6) is 5.75 Å². The lowest BCUT2D eigenvalue weighted by Crippen LogP contribution is -2.43. The van der Waals surface area contributed by atoms with Crippen molar-refractivity contribution in [2.24, 2.45) is 23.7 Å². The Bertz CT molecular complexity index is 868. The molecule has 0 radical (unpaired) electrons. The zero-order valence-electron chi connectivity index (χ0n) is 15.2. The van der Waals surface area contributed by atoms with Crippen LogP contribution in [-0.4, -0.2) is 17.8 Å². The molecule has 2 fully saturated rings. The Morgan fingerprint density at radius 1 is 1.19 bits per heavy atom.